The molecule has 8 nitrogen and oxygen atoms in total. The number of H-pyrrole nitrogens is 4. The van der Waals surface area contributed by atoms with Crippen LogP contribution in [0.5, 0.6) is 0 Å². The molecule has 4 N–H and O–H groups in total. The summed E-state index contributed by atoms with van der Waals surface area (Å²) in [5.41, 5.74) is 18.1. The van der Waals surface area contributed by atoms with Gasteiger partial charge in [0.1, 0.15) is 0 Å². The van der Waals surface area contributed by atoms with Gasteiger partial charge in [-0.15, -0.1) is 0 Å². The van der Waals surface area contributed by atoms with Crippen molar-refractivity contribution in [1.82, 2.24) is 39.9 Å². The lowest BCUT2D eigenvalue weighted by Crippen LogP contribution is -1.75. The van der Waals surface area contributed by atoms with Gasteiger partial charge in [0, 0.05) is 55.3 Å². The van der Waals surface area contributed by atoms with Crippen LogP contribution in [0.15, 0.2) is 121 Å². The Kier molecular flexibility index (Phi) is 6.95. The van der Waals surface area contributed by atoms with Crippen LogP contribution in [-0.2, 0) is 0 Å². The van der Waals surface area contributed by atoms with Crippen molar-refractivity contribution < 1.29 is 0 Å². The predicted octanol–water partition coefficient (Wildman–Crippen LogP) is 10.5. The molecular weight excluding hydrogens is 641 g/mol. The van der Waals surface area contributed by atoms with E-state index in [4.69, 9.17) is 4.98 Å². The first-order valence-corrected chi connectivity index (χ1v) is 17.1. The van der Waals surface area contributed by atoms with Gasteiger partial charge < -0.3 is 19.9 Å². The van der Waals surface area contributed by atoms with Gasteiger partial charge >= 0.3 is 0 Å². The van der Waals surface area contributed by atoms with Crippen LogP contribution >= 0.6 is 0 Å². The number of hydrogen-bond acceptors (Lipinski definition) is 4. The molecule has 1 aromatic carbocycles. The average molecular weight is 671 g/mol. The lowest BCUT2D eigenvalue weighted by molar-refractivity contribution is 1.31. The van der Waals surface area contributed by atoms with E-state index in [1.54, 1.807) is 0 Å². The Morgan fingerprint density at radius 3 is 0.788 bits per heavy atom. The summed E-state index contributed by atoms with van der Waals surface area (Å²) < 4.78 is 0. The van der Waals surface area contributed by atoms with E-state index < -0.39 is 0 Å². The highest BCUT2D eigenvalue weighted by Crippen LogP contribution is 2.35. The molecular formula is C44H30N8. The van der Waals surface area contributed by atoms with Crippen molar-refractivity contribution in [1.29, 1.82) is 0 Å². The van der Waals surface area contributed by atoms with Gasteiger partial charge in [-0.05, 0) is 134 Å². The molecule has 52 heavy (non-hydrogen) atoms. The summed E-state index contributed by atoms with van der Waals surface area (Å²) in [7, 11) is 0. The van der Waals surface area contributed by atoms with Gasteiger partial charge in [-0.25, -0.2) is 19.9 Å². The van der Waals surface area contributed by atoms with Crippen LogP contribution in [0.2, 0.25) is 0 Å². The van der Waals surface area contributed by atoms with E-state index in [2.05, 4.69) is 132 Å². The Labute approximate surface area is 297 Å². The number of rotatable bonds is 0. The highest BCUT2D eigenvalue weighted by Gasteiger charge is 2.15. The van der Waals surface area contributed by atoms with E-state index >= 15 is 0 Å². The lowest BCUT2D eigenvalue weighted by atomic mass is 10.1. The van der Waals surface area contributed by atoms with Gasteiger partial charge in [-0.2, -0.15) is 0 Å². The molecule has 0 spiro atoms. The first-order valence-electron chi connectivity index (χ1n) is 17.1. The van der Waals surface area contributed by atoms with Crippen molar-refractivity contribution in [2.45, 2.75) is 0 Å². The number of aromatic nitrogens is 8. The normalized spacial score (nSPS) is 12.4. The molecule has 0 saturated heterocycles. The number of nitrogens with zero attached hydrogens (tertiary/aromatic N) is 4. The summed E-state index contributed by atoms with van der Waals surface area (Å²) in [4.78, 5) is 32.5. The first-order chi connectivity index (χ1) is 25.6. The van der Waals surface area contributed by atoms with Crippen LogP contribution < -0.4 is 0 Å². The zero-order valence-electron chi connectivity index (χ0n) is 27.8. The minimum absolute atomic E-state index is 0.934. The number of hydrogen-bond donors (Lipinski definition) is 4. The number of benzene rings is 1. The minimum atomic E-state index is 0.934. The largest absolute Gasteiger partial charge is 0.355 e. The monoisotopic (exact) mass is 670 g/mol. The van der Waals surface area contributed by atoms with Gasteiger partial charge in [0.05, 0.1) is 45.6 Å². The molecule has 6 aromatic heterocycles. The first kappa shape index (κ1) is 29.6. The Hall–Kier alpha value is -7.32. The standard InChI is InChI=1S/C24H16N4.C20H14N4/c1-2-4-22-21(3-1)23-13-19-9-7-17(26-19)11-15-5-6-16(25-15)12-18-8-10-20(27-18)14-24(22)28-23;1-2-14-10-16-5-6-18(23-16)12-20-8-7-19(24-20)11-17-4-3-15(22-17)9-13(1)21-14/h1-14,26-27H;1-12,21,24H. The Morgan fingerprint density at radius 2 is 0.519 bits per heavy atom. The van der Waals surface area contributed by atoms with E-state index in [0.717, 1.165) is 101 Å². The number of aromatic amines is 4. The fourth-order valence-corrected chi connectivity index (χ4v) is 6.71. The highest BCUT2D eigenvalue weighted by atomic mass is 14.8. The fourth-order valence-electron chi connectivity index (χ4n) is 6.71. The predicted molar refractivity (Wildman–Crippen MR) is 213 cm³/mol. The van der Waals surface area contributed by atoms with Gasteiger partial charge in [-0.1, -0.05) is 24.3 Å². The third-order valence-electron chi connectivity index (χ3n) is 9.10. The molecule has 0 unspecified atom stereocenters. The molecule has 0 fully saturated rings. The Bertz CT molecular complexity index is 2700. The van der Waals surface area contributed by atoms with Crippen LogP contribution in [0.4, 0.5) is 0 Å². The van der Waals surface area contributed by atoms with E-state index in [1.807, 2.05) is 60.7 Å². The Balaban J connectivity index is 0.000000132. The van der Waals surface area contributed by atoms with E-state index in [9.17, 15) is 0 Å². The summed E-state index contributed by atoms with van der Waals surface area (Å²) in [6.07, 6.45) is 12.2. The van der Waals surface area contributed by atoms with Crippen LogP contribution in [0.1, 0.15) is 34.2 Å². The summed E-state index contributed by atoms with van der Waals surface area (Å²) >= 11 is 0. The quantitative estimate of drug-likeness (QED) is 0.129. The molecule has 4 aliphatic heterocycles. The van der Waals surface area contributed by atoms with Crippen molar-refractivity contribution in [2.24, 2.45) is 0 Å². The van der Waals surface area contributed by atoms with Crippen LogP contribution in [0, 0.1) is 0 Å². The molecule has 11 rings (SSSR count). The molecule has 16 bridgehead atoms. The van der Waals surface area contributed by atoms with Crippen molar-refractivity contribution in [2.75, 3.05) is 0 Å². The fraction of sp³-hybridized carbons (Fsp3) is 0. The molecule has 0 saturated carbocycles. The zero-order valence-corrected chi connectivity index (χ0v) is 27.8. The molecule has 4 aliphatic rings. The van der Waals surface area contributed by atoms with Gasteiger partial charge in [0.25, 0.3) is 0 Å². The summed E-state index contributed by atoms with van der Waals surface area (Å²) in [6, 6.07) is 41.3. The SMILES string of the molecule is C1=Cc2cc3ccc(cc4nc(cc5ccc(cc1n2)[nH]5)-c1ccccc1-4)[nH]3.C1=Cc2cc3ccc(cc4nc(cc5ccc(cc1n2)[nH]5)C=C4)[nH]3. The highest BCUT2D eigenvalue weighted by molar-refractivity contribution is 5.87. The molecule has 0 atom stereocenters. The maximum absolute atomic E-state index is 4.91. The van der Waals surface area contributed by atoms with Crippen molar-refractivity contribution in [3.05, 3.63) is 155 Å². The minimum Gasteiger partial charge on any atom is -0.355 e. The van der Waals surface area contributed by atoms with Gasteiger partial charge in [0.15, 0.2) is 0 Å². The van der Waals surface area contributed by atoms with E-state index in [-0.39, 0.29) is 0 Å². The zero-order chi connectivity index (χ0) is 34.4. The Morgan fingerprint density at radius 1 is 0.269 bits per heavy atom. The summed E-state index contributed by atoms with van der Waals surface area (Å²) in [5, 5.41) is 0. The molecule has 0 aliphatic carbocycles. The second-order valence-electron chi connectivity index (χ2n) is 12.9. The topological polar surface area (TPSA) is 115 Å². The third kappa shape index (κ3) is 6.05. The molecule has 246 valence electrons. The molecule has 0 radical (unpaired) electrons. The van der Waals surface area contributed by atoms with E-state index in [1.165, 1.54) is 0 Å². The smallest absolute Gasteiger partial charge is 0.0737 e. The average Bonchev–Trinajstić information content (AvgIpc) is 3.99. The number of nitrogens with one attached hydrogen (secondary N) is 4. The number of fused-ring (bicyclic) bond motifs is 19. The summed E-state index contributed by atoms with van der Waals surface area (Å²) in [5.74, 6) is 0. The van der Waals surface area contributed by atoms with Crippen molar-refractivity contribution >= 4 is 80.6 Å². The second kappa shape index (κ2) is 12.2. The second-order valence-corrected chi connectivity index (χ2v) is 12.9. The van der Waals surface area contributed by atoms with Crippen molar-refractivity contribution in [3.63, 3.8) is 0 Å². The van der Waals surface area contributed by atoms with Gasteiger partial charge in [-0.3, -0.25) is 0 Å². The van der Waals surface area contributed by atoms with Gasteiger partial charge in [0.2, 0.25) is 0 Å². The lowest BCUT2D eigenvalue weighted by Gasteiger charge is -1.97. The molecule has 7 aromatic rings. The third-order valence-corrected chi connectivity index (χ3v) is 9.10. The molecule has 0 amide bonds. The molecule has 8 heteroatoms. The van der Waals surface area contributed by atoms with Crippen LogP contribution in [-0.4, -0.2) is 39.9 Å². The maximum Gasteiger partial charge on any atom is 0.0737 e. The maximum atomic E-state index is 4.91. The van der Waals surface area contributed by atoms with Crippen LogP contribution in [0.25, 0.3) is 103 Å². The van der Waals surface area contributed by atoms with Crippen molar-refractivity contribution in [3.8, 4) is 22.5 Å². The van der Waals surface area contributed by atoms with E-state index in [0.29, 0.717) is 0 Å². The summed E-state index contributed by atoms with van der Waals surface area (Å²) in [6.45, 7) is 0. The van der Waals surface area contributed by atoms with Crippen LogP contribution in [0.3, 0.4) is 0 Å². The molecule has 10 heterocycles.